The summed E-state index contributed by atoms with van der Waals surface area (Å²) in [4.78, 5) is 14.6. The van der Waals surface area contributed by atoms with Crippen LogP contribution >= 0.6 is 0 Å². The number of pyridine rings is 1. The SMILES string of the molecule is CCOC(=O)CCCc1c[nH+]c2ccccc2c1C.[Br-]. The number of halogens is 1. The predicted molar refractivity (Wildman–Crippen MR) is 74.8 cm³/mol. The minimum absolute atomic E-state index is 0. The monoisotopic (exact) mass is 337 g/mol. The van der Waals surface area contributed by atoms with Crippen LogP contribution in [-0.2, 0) is 16.0 Å². The number of fused-ring (bicyclic) bond motifs is 1. The Morgan fingerprint density at radius 3 is 2.80 bits per heavy atom. The second-order valence-corrected chi connectivity index (χ2v) is 4.64. The molecule has 0 saturated heterocycles. The van der Waals surface area contributed by atoms with Gasteiger partial charge in [0.05, 0.1) is 6.61 Å². The summed E-state index contributed by atoms with van der Waals surface area (Å²) in [6.07, 6.45) is 4.25. The van der Waals surface area contributed by atoms with Crippen molar-refractivity contribution in [3.8, 4) is 0 Å². The first kappa shape index (κ1) is 16.6. The molecule has 0 bridgehead atoms. The average Bonchev–Trinajstić information content (AvgIpc) is 2.42. The predicted octanol–water partition coefficient (Wildman–Crippen LogP) is -0.148. The third-order valence-corrected chi connectivity index (χ3v) is 3.35. The molecular weight excluding hydrogens is 318 g/mol. The van der Waals surface area contributed by atoms with Crippen molar-refractivity contribution in [2.45, 2.75) is 33.1 Å². The van der Waals surface area contributed by atoms with E-state index in [4.69, 9.17) is 4.74 Å². The van der Waals surface area contributed by atoms with Crippen LogP contribution < -0.4 is 22.0 Å². The van der Waals surface area contributed by atoms with Crippen LogP contribution in [0.1, 0.15) is 30.9 Å². The molecule has 0 aliphatic carbocycles. The molecular formula is C16H20BrNO2. The molecule has 0 fully saturated rings. The lowest BCUT2D eigenvalue weighted by Gasteiger charge is -2.05. The zero-order valence-electron chi connectivity index (χ0n) is 11.9. The Hall–Kier alpha value is -1.42. The molecule has 2 aromatic rings. The van der Waals surface area contributed by atoms with Gasteiger partial charge in [-0.2, -0.15) is 0 Å². The first-order valence-corrected chi connectivity index (χ1v) is 6.77. The van der Waals surface area contributed by atoms with E-state index in [-0.39, 0.29) is 23.0 Å². The number of esters is 1. The van der Waals surface area contributed by atoms with E-state index >= 15 is 0 Å². The summed E-state index contributed by atoms with van der Waals surface area (Å²) in [7, 11) is 0. The zero-order chi connectivity index (χ0) is 13.7. The van der Waals surface area contributed by atoms with Crippen molar-refractivity contribution >= 4 is 16.9 Å². The number of aromatic nitrogens is 1. The summed E-state index contributed by atoms with van der Waals surface area (Å²) in [5.74, 6) is -0.107. The molecule has 1 N–H and O–H groups in total. The van der Waals surface area contributed by atoms with Crippen LogP contribution in [0.4, 0.5) is 0 Å². The smallest absolute Gasteiger partial charge is 0.305 e. The van der Waals surface area contributed by atoms with Crippen molar-refractivity contribution in [1.29, 1.82) is 0 Å². The Kier molecular flexibility index (Phi) is 6.65. The molecule has 2 rings (SSSR count). The van der Waals surface area contributed by atoms with Crippen LogP contribution in [0, 0.1) is 6.92 Å². The fraction of sp³-hybridized carbons (Fsp3) is 0.375. The molecule has 0 aliphatic heterocycles. The highest BCUT2D eigenvalue weighted by Gasteiger charge is 2.09. The summed E-state index contributed by atoms with van der Waals surface area (Å²) in [5, 5.41) is 1.25. The van der Waals surface area contributed by atoms with E-state index in [0.717, 1.165) is 18.4 Å². The van der Waals surface area contributed by atoms with E-state index in [9.17, 15) is 4.79 Å². The highest BCUT2D eigenvalue weighted by atomic mass is 79.9. The van der Waals surface area contributed by atoms with Gasteiger partial charge in [0, 0.05) is 23.4 Å². The van der Waals surface area contributed by atoms with Gasteiger partial charge >= 0.3 is 5.97 Å². The minimum atomic E-state index is -0.107. The molecule has 0 spiro atoms. The lowest BCUT2D eigenvalue weighted by atomic mass is 10.0. The van der Waals surface area contributed by atoms with E-state index < -0.39 is 0 Å². The van der Waals surface area contributed by atoms with Crippen LogP contribution in [0.5, 0.6) is 0 Å². The highest BCUT2D eigenvalue weighted by Crippen LogP contribution is 2.18. The molecule has 108 valence electrons. The average molecular weight is 338 g/mol. The van der Waals surface area contributed by atoms with Crippen molar-refractivity contribution in [2.24, 2.45) is 0 Å². The van der Waals surface area contributed by atoms with Crippen LogP contribution in [0.15, 0.2) is 30.5 Å². The van der Waals surface area contributed by atoms with Gasteiger partial charge in [-0.15, -0.1) is 0 Å². The van der Waals surface area contributed by atoms with Crippen LogP contribution in [0.3, 0.4) is 0 Å². The lowest BCUT2D eigenvalue weighted by molar-refractivity contribution is -0.345. The maximum atomic E-state index is 11.3. The van der Waals surface area contributed by atoms with Crippen molar-refractivity contribution in [1.82, 2.24) is 0 Å². The molecule has 1 aromatic heterocycles. The number of ether oxygens (including phenoxy) is 1. The number of rotatable bonds is 5. The van der Waals surface area contributed by atoms with Crippen molar-refractivity contribution < 1.29 is 31.5 Å². The van der Waals surface area contributed by atoms with E-state index in [1.54, 1.807) is 0 Å². The summed E-state index contributed by atoms with van der Waals surface area (Å²) < 4.78 is 4.93. The molecule has 0 atom stereocenters. The Labute approximate surface area is 130 Å². The number of hydrogen-bond donors (Lipinski definition) is 0. The van der Waals surface area contributed by atoms with Gasteiger partial charge in [-0.3, -0.25) is 4.79 Å². The van der Waals surface area contributed by atoms with Crippen molar-refractivity contribution in [2.75, 3.05) is 6.61 Å². The summed E-state index contributed by atoms with van der Waals surface area (Å²) in [5.41, 5.74) is 3.70. The first-order valence-electron chi connectivity index (χ1n) is 6.77. The van der Waals surface area contributed by atoms with Gasteiger partial charge < -0.3 is 21.7 Å². The number of carbonyl (C=O) groups is 1. The van der Waals surface area contributed by atoms with Gasteiger partial charge in [0.15, 0.2) is 6.20 Å². The Bertz CT molecular complexity index is 584. The molecule has 1 aromatic carbocycles. The minimum Gasteiger partial charge on any atom is -1.00 e. The van der Waals surface area contributed by atoms with Crippen molar-refractivity contribution in [3.63, 3.8) is 0 Å². The number of hydrogen-bond acceptors (Lipinski definition) is 2. The topological polar surface area (TPSA) is 40.4 Å². The van der Waals surface area contributed by atoms with E-state index in [0.29, 0.717) is 13.0 Å². The largest absolute Gasteiger partial charge is 1.00 e. The molecule has 1 heterocycles. The maximum absolute atomic E-state index is 11.3. The third kappa shape index (κ3) is 4.04. The maximum Gasteiger partial charge on any atom is 0.305 e. The Morgan fingerprint density at radius 2 is 2.05 bits per heavy atom. The molecule has 20 heavy (non-hydrogen) atoms. The second-order valence-electron chi connectivity index (χ2n) is 4.64. The number of benzene rings is 1. The summed E-state index contributed by atoms with van der Waals surface area (Å²) in [6, 6.07) is 8.27. The standard InChI is InChI=1S/C16H19NO2.BrH/c1-3-19-16(18)10-6-7-13-11-17-15-9-5-4-8-14(15)12(13)2;/h4-5,8-9,11H,3,6-7,10H2,1-2H3;1H. The summed E-state index contributed by atoms with van der Waals surface area (Å²) in [6.45, 7) is 4.43. The fourth-order valence-corrected chi connectivity index (χ4v) is 2.30. The van der Waals surface area contributed by atoms with Gasteiger partial charge in [0.1, 0.15) is 0 Å². The Balaban J connectivity index is 0.00000200. The highest BCUT2D eigenvalue weighted by molar-refractivity contribution is 5.79. The second kappa shape index (κ2) is 8.00. The van der Waals surface area contributed by atoms with Gasteiger partial charge in [0.25, 0.3) is 0 Å². The first-order chi connectivity index (χ1) is 9.22. The van der Waals surface area contributed by atoms with E-state index in [2.05, 4.69) is 24.0 Å². The quantitative estimate of drug-likeness (QED) is 0.712. The van der Waals surface area contributed by atoms with E-state index in [1.807, 2.05) is 25.3 Å². The number of H-pyrrole nitrogens is 1. The van der Waals surface area contributed by atoms with Crippen LogP contribution in [-0.4, -0.2) is 12.6 Å². The molecule has 0 saturated carbocycles. The van der Waals surface area contributed by atoms with Gasteiger partial charge in [0.2, 0.25) is 5.52 Å². The lowest BCUT2D eigenvalue weighted by Crippen LogP contribution is -3.00. The van der Waals surface area contributed by atoms with Crippen LogP contribution in [0.2, 0.25) is 0 Å². The third-order valence-electron chi connectivity index (χ3n) is 3.35. The molecule has 0 radical (unpaired) electrons. The molecule has 4 heteroatoms. The van der Waals surface area contributed by atoms with Gasteiger partial charge in [-0.25, -0.2) is 4.98 Å². The molecule has 0 unspecified atom stereocenters. The van der Waals surface area contributed by atoms with E-state index in [1.165, 1.54) is 16.5 Å². The zero-order valence-corrected chi connectivity index (χ0v) is 13.5. The number of carbonyl (C=O) groups excluding carboxylic acids is 1. The molecule has 0 aliphatic rings. The number of nitrogens with one attached hydrogen (secondary N) is 1. The fourth-order valence-electron chi connectivity index (χ4n) is 2.30. The summed E-state index contributed by atoms with van der Waals surface area (Å²) >= 11 is 0. The molecule has 0 amide bonds. The van der Waals surface area contributed by atoms with Crippen molar-refractivity contribution in [3.05, 3.63) is 41.6 Å². The number of aryl methyl sites for hydroxylation is 2. The molecule has 3 nitrogen and oxygen atoms in total. The van der Waals surface area contributed by atoms with Crippen LogP contribution in [0.25, 0.3) is 10.9 Å². The van der Waals surface area contributed by atoms with Gasteiger partial charge in [-0.1, -0.05) is 12.1 Å². The normalized spacial score (nSPS) is 10.1. The van der Waals surface area contributed by atoms with Gasteiger partial charge in [-0.05, 0) is 38.3 Å². The number of para-hydroxylation sites is 1. The number of aromatic amines is 1. The Morgan fingerprint density at radius 1 is 1.30 bits per heavy atom.